The molecule has 0 radical (unpaired) electrons. The van der Waals surface area contributed by atoms with E-state index in [4.69, 9.17) is 0 Å². The van der Waals surface area contributed by atoms with E-state index in [1.807, 2.05) is 0 Å². The largest absolute Gasteiger partial charge is 0.393 e. The van der Waals surface area contributed by atoms with Crippen molar-refractivity contribution in [2.75, 3.05) is 13.1 Å². The number of piperidine rings is 1. The minimum atomic E-state index is -0.101. The van der Waals surface area contributed by atoms with Crippen LogP contribution >= 0.6 is 0 Å². The first kappa shape index (κ1) is 14.5. The maximum Gasteiger partial charge on any atom is 0.0567 e. The number of hydrogen-bond acceptors (Lipinski definition) is 2. The zero-order chi connectivity index (χ0) is 13.5. The third-order valence-electron chi connectivity index (χ3n) is 4.17. The van der Waals surface area contributed by atoms with Gasteiger partial charge in [-0.25, -0.2) is 0 Å². The van der Waals surface area contributed by atoms with E-state index in [1.54, 1.807) is 0 Å². The summed E-state index contributed by atoms with van der Waals surface area (Å²) in [6.07, 6.45) is 6.73. The van der Waals surface area contributed by atoms with E-state index < -0.39 is 0 Å². The van der Waals surface area contributed by atoms with Crippen molar-refractivity contribution >= 4 is 0 Å². The third-order valence-corrected chi connectivity index (χ3v) is 4.17. The minimum Gasteiger partial charge on any atom is -0.393 e. The third kappa shape index (κ3) is 4.63. The van der Waals surface area contributed by atoms with Crippen LogP contribution in [-0.4, -0.2) is 35.2 Å². The molecule has 1 N–H and O–H groups in total. The highest BCUT2D eigenvalue weighted by Gasteiger charge is 2.26. The van der Waals surface area contributed by atoms with Gasteiger partial charge < -0.3 is 5.11 Å². The van der Waals surface area contributed by atoms with Crippen LogP contribution in [0.2, 0.25) is 0 Å². The molecule has 1 heterocycles. The summed E-state index contributed by atoms with van der Waals surface area (Å²) in [6.45, 7) is 4.50. The average molecular weight is 261 g/mol. The summed E-state index contributed by atoms with van der Waals surface area (Å²) in [4.78, 5) is 2.59. The van der Waals surface area contributed by atoms with Gasteiger partial charge in [0, 0.05) is 12.6 Å². The van der Waals surface area contributed by atoms with E-state index in [-0.39, 0.29) is 6.10 Å². The predicted octanol–water partition coefficient (Wildman–Crippen LogP) is 3.24. The predicted molar refractivity (Wildman–Crippen MR) is 80.3 cm³/mol. The van der Waals surface area contributed by atoms with Gasteiger partial charge in [-0.05, 0) is 37.8 Å². The molecule has 1 saturated heterocycles. The fraction of sp³-hybridized carbons (Fsp3) is 0.647. The Balaban J connectivity index is 1.92. The number of nitrogens with zero attached hydrogens (tertiary/aromatic N) is 1. The number of likely N-dealkylation sites (tertiary alicyclic amines) is 1. The van der Waals surface area contributed by atoms with Crippen LogP contribution in [0.1, 0.15) is 44.6 Å². The van der Waals surface area contributed by atoms with Gasteiger partial charge in [-0.15, -0.1) is 0 Å². The first-order valence-electron chi connectivity index (χ1n) is 7.75. The van der Waals surface area contributed by atoms with Gasteiger partial charge in [0.15, 0.2) is 0 Å². The van der Waals surface area contributed by atoms with Crippen LogP contribution < -0.4 is 0 Å². The molecule has 0 amide bonds. The molecule has 0 aliphatic carbocycles. The molecule has 1 fully saturated rings. The van der Waals surface area contributed by atoms with Crippen LogP contribution in [0.4, 0.5) is 0 Å². The first-order chi connectivity index (χ1) is 9.29. The lowest BCUT2D eigenvalue weighted by molar-refractivity contribution is 0.0407. The monoisotopic (exact) mass is 261 g/mol. The number of hydrogen-bond donors (Lipinski definition) is 1. The molecule has 1 aliphatic heterocycles. The van der Waals surface area contributed by atoms with Crippen molar-refractivity contribution in [1.29, 1.82) is 0 Å². The van der Waals surface area contributed by atoms with Crippen molar-refractivity contribution in [3.63, 3.8) is 0 Å². The Kier molecular flexibility index (Phi) is 5.87. The van der Waals surface area contributed by atoms with Gasteiger partial charge in [-0.2, -0.15) is 0 Å². The van der Waals surface area contributed by atoms with Gasteiger partial charge in [0.2, 0.25) is 0 Å². The molecular weight excluding hydrogens is 234 g/mol. The number of rotatable bonds is 6. The van der Waals surface area contributed by atoms with Crippen LogP contribution in [0.5, 0.6) is 0 Å². The lowest BCUT2D eigenvalue weighted by Gasteiger charge is -2.38. The Labute approximate surface area is 117 Å². The molecule has 0 saturated carbocycles. The standard InChI is InChI=1S/C17H27NO/c1-2-3-7-11-18-12-10-17(19)14-16(18)13-15-8-5-4-6-9-15/h4-6,8-9,16-17,19H,2-3,7,10-14H2,1H3. The van der Waals surface area contributed by atoms with E-state index in [1.165, 1.54) is 31.4 Å². The van der Waals surface area contributed by atoms with Crippen LogP contribution in [0.15, 0.2) is 30.3 Å². The summed E-state index contributed by atoms with van der Waals surface area (Å²) in [5, 5.41) is 9.92. The molecule has 0 bridgehead atoms. The molecule has 2 nitrogen and oxygen atoms in total. The van der Waals surface area contributed by atoms with Crippen LogP contribution in [-0.2, 0) is 6.42 Å². The second kappa shape index (κ2) is 7.66. The highest BCUT2D eigenvalue weighted by atomic mass is 16.3. The Morgan fingerprint density at radius 3 is 2.74 bits per heavy atom. The molecule has 2 atom stereocenters. The lowest BCUT2D eigenvalue weighted by Crippen LogP contribution is -2.45. The van der Waals surface area contributed by atoms with Crippen molar-refractivity contribution in [2.24, 2.45) is 0 Å². The maximum atomic E-state index is 9.92. The highest BCUT2D eigenvalue weighted by Crippen LogP contribution is 2.21. The number of aliphatic hydroxyl groups excluding tert-OH is 1. The Morgan fingerprint density at radius 2 is 2.00 bits per heavy atom. The second-order valence-electron chi connectivity index (χ2n) is 5.76. The topological polar surface area (TPSA) is 23.5 Å². The molecule has 2 heteroatoms. The zero-order valence-electron chi connectivity index (χ0n) is 12.1. The second-order valence-corrected chi connectivity index (χ2v) is 5.76. The molecule has 19 heavy (non-hydrogen) atoms. The minimum absolute atomic E-state index is 0.101. The number of benzene rings is 1. The summed E-state index contributed by atoms with van der Waals surface area (Å²) in [5.74, 6) is 0. The fourth-order valence-corrected chi connectivity index (χ4v) is 3.04. The summed E-state index contributed by atoms with van der Waals surface area (Å²) in [5.41, 5.74) is 1.39. The first-order valence-corrected chi connectivity index (χ1v) is 7.75. The number of unbranched alkanes of at least 4 members (excludes halogenated alkanes) is 2. The van der Waals surface area contributed by atoms with Crippen molar-refractivity contribution in [3.8, 4) is 0 Å². The quantitative estimate of drug-likeness (QED) is 0.795. The van der Waals surface area contributed by atoms with E-state index in [2.05, 4.69) is 42.2 Å². The number of aliphatic hydroxyl groups is 1. The molecule has 1 aromatic rings. The Bertz CT molecular complexity index is 352. The smallest absolute Gasteiger partial charge is 0.0567 e. The average Bonchev–Trinajstić information content (AvgIpc) is 2.43. The van der Waals surface area contributed by atoms with E-state index >= 15 is 0 Å². The molecule has 106 valence electrons. The van der Waals surface area contributed by atoms with E-state index in [9.17, 15) is 5.11 Å². The lowest BCUT2D eigenvalue weighted by atomic mass is 9.93. The van der Waals surface area contributed by atoms with Crippen molar-refractivity contribution in [1.82, 2.24) is 4.90 Å². The zero-order valence-corrected chi connectivity index (χ0v) is 12.1. The highest BCUT2D eigenvalue weighted by molar-refractivity contribution is 5.16. The molecule has 0 spiro atoms. The van der Waals surface area contributed by atoms with Gasteiger partial charge in [-0.1, -0.05) is 50.1 Å². The van der Waals surface area contributed by atoms with Gasteiger partial charge in [0.05, 0.1) is 6.10 Å². The van der Waals surface area contributed by atoms with Crippen LogP contribution in [0.25, 0.3) is 0 Å². The molecule has 1 aliphatic rings. The van der Waals surface area contributed by atoms with Gasteiger partial charge in [0.1, 0.15) is 0 Å². The fourth-order valence-electron chi connectivity index (χ4n) is 3.04. The summed E-state index contributed by atoms with van der Waals surface area (Å²) in [7, 11) is 0. The van der Waals surface area contributed by atoms with Gasteiger partial charge in [-0.3, -0.25) is 4.90 Å². The van der Waals surface area contributed by atoms with Crippen molar-refractivity contribution in [3.05, 3.63) is 35.9 Å². The molecule has 2 unspecified atom stereocenters. The van der Waals surface area contributed by atoms with Gasteiger partial charge in [0.25, 0.3) is 0 Å². The van der Waals surface area contributed by atoms with Crippen molar-refractivity contribution in [2.45, 2.75) is 57.6 Å². The SMILES string of the molecule is CCCCCN1CCC(O)CC1Cc1ccccc1. The van der Waals surface area contributed by atoms with Crippen molar-refractivity contribution < 1.29 is 5.11 Å². The Morgan fingerprint density at radius 1 is 1.21 bits per heavy atom. The van der Waals surface area contributed by atoms with Crippen LogP contribution in [0.3, 0.4) is 0 Å². The summed E-state index contributed by atoms with van der Waals surface area (Å²) in [6, 6.07) is 11.2. The molecule has 2 rings (SSSR count). The molecule has 1 aromatic carbocycles. The summed E-state index contributed by atoms with van der Waals surface area (Å²) < 4.78 is 0. The maximum absolute atomic E-state index is 9.92. The Hall–Kier alpha value is -0.860. The molecular formula is C17H27NO. The molecule has 0 aromatic heterocycles. The van der Waals surface area contributed by atoms with Gasteiger partial charge >= 0.3 is 0 Å². The normalized spacial score (nSPS) is 24.5. The van der Waals surface area contributed by atoms with E-state index in [0.29, 0.717) is 6.04 Å². The summed E-state index contributed by atoms with van der Waals surface area (Å²) >= 11 is 0. The van der Waals surface area contributed by atoms with E-state index in [0.717, 1.165) is 25.8 Å². The van der Waals surface area contributed by atoms with Crippen LogP contribution in [0, 0.1) is 0 Å².